The Balaban J connectivity index is 0.972. The molecule has 15 rings (SSSR count). The molecule has 4 heterocycles. The van der Waals surface area contributed by atoms with Gasteiger partial charge in [-0.2, -0.15) is 9.97 Å². The highest BCUT2D eigenvalue weighted by Gasteiger charge is 2.22. The Morgan fingerprint density at radius 3 is 1.39 bits per heavy atom. The molecule has 83 heavy (non-hydrogen) atoms. The summed E-state index contributed by atoms with van der Waals surface area (Å²) in [5, 5.41) is 9.05. The molecule has 0 unspecified atom stereocenters. The van der Waals surface area contributed by atoms with Crippen LogP contribution in [0.4, 0.5) is 0 Å². The molecule has 0 amide bonds. The fraction of sp³-hybridized carbons (Fsp3) is 0.0139. The highest BCUT2D eigenvalue weighted by Crippen LogP contribution is 2.42. The van der Waals surface area contributed by atoms with Crippen molar-refractivity contribution in [1.29, 1.82) is 0 Å². The Kier molecular flexibility index (Phi) is 11.9. The quantitative estimate of drug-likeness (QED) is 0.0992. The lowest BCUT2D eigenvalue weighted by Crippen LogP contribution is -2.06. The van der Waals surface area contributed by atoms with Gasteiger partial charge in [-0.05, 0) is 128 Å². The van der Waals surface area contributed by atoms with Crippen molar-refractivity contribution < 1.29 is 0 Å². The zero-order chi connectivity index (χ0) is 55.4. The number of benzene rings is 11. The summed E-state index contributed by atoms with van der Waals surface area (Å²) in [5.74, 6) is 2.65. The first-order valence-corrected chi connectivity index (χ1v) is 27.3. The maximum Gasteiger partial charge on any atom is 0.238 e. The van der Waals surface area contributed by atoms with E-state index in [1.165, 1.54) is 40.5 Å². The van der Waals surface area contributed by atoms with Crippen LogP contribution in [-0.4, -0.2) is 65.0 Å². The van der Waals surface area contributed by atoms with Crippen molar-refractivity contribution in [2.75, 3.05) is 7.05 Å². The van der Waals surface area contributed by atoms with Crippen molar-refractivity contribution in [2.24, 2.45) is 15.0 Å². The molecular formula is C72H47N11. The number of amidine groups is 1. The number of aliphatic imine (C=N–C) groups is 3. The van der Waals surface area contributed by atoms with E-state index in [1.54, 1.807) is 7.05 Å². The third-order valence-corrected chi connectivity index (χ3v) is 15.6. The fourth-order valence-electron chi connectivity index (χ4n) is 11.8. The highest BCUT2D eigenvalue weighted by atomic mass is 15.2. The first-order valence-electron chi connectivity index (χ1n) is 27.3. The molecule has 0 atom stereocenters. The SMILES string of the molecule is C=N/C(=N\C=N/C)c1cc(-c2ncncn2)cc(-n2c3ccc(-c4ccc5c(c4)c4cc(-c6cccc7ccccc67)ccc4n5-c4nc(-c5ccccc5)nc(-c5ccccc5)n4)cc3c3cc(-c4cccc5ccccc45)ccc32)c1. The number of aromatic nitrogens is 8. The maximum absolute atomic E-state index is 5.27. The van der Waals surface area contributed by atoms with Crippen molar-refractivity contribution in [3.05, 3.63) is 255 Å². The van der Waals surface area contributed by atoms with Crippen LogP contribution in [0.2, 0.25) is 0 Å². The zero-order valence-corrected chi connectivity index (χ0v) is 44.9. The first kappa shape index (κ1) is 48.7. The molecule has 0 radical (unpaired) electrons. The summed E-state index contributed by atoms with van der Waals surface area (Å²) in [5.41, 5.74) is 14.8. The highest BCUT2D eigenvalue weighted by molar-refractivity contribution is 6.15. The molecule has 11 heteroatoms. The monoisotopic (exact) mass is 1070 g/mol. The molecule has 0 fully saturated rings. The second kappa shape index (κ2) is 20.3. The Hall–Kier alpha value is -11.4. The normalized spacial score (nSPS) is 12.0. The van der Waals surface area contributed by atoms with Gasteiger partial charge < -0.3 is 4.57 Å². The number of rotatable bonds is 10. The lowest BCUT2D eigenvalue weighted by molar-refractivity contribution is 0.953. The first-order chi connectivity index (χ1) is 41.0. The van der Waals surface area contributed by atoms with Crippen LogP contribution in [0.1, 0.15) is 5.56 Å². The van der Waals surface area contributed by atoms with Gasteiger partial charge in [0, 0.05) is 56.5 Å². The van der Waals surface area contributed by atoms with E-state index in [1.807, 2.05) is 66.7 Å². The van der Waals surface area contributed by atoms with Gasteiger partial charge in [-0.25, -0.2) is 29.9 Å². The molecule has 0 aliphatic carbocycles. The molecule has 0 bridgehead atoms. The van der Waals surface area contributed by atoms with E-state index in [9.17, 15) is 0 Å². The van der Waals surface area contributed by atoms with Crippen molar-refractivity contribution in [3.8, 4) is 79.2 Å². The van der Waals surface area contributed by atoms with E-state index in [0.717, 1.165) is 105 Å². The number of hydrogen-bond acceptors (Lipinski definition) is 7. The van der Waals surface area contributed by atoms with Gasteiger partial charge in [0.15, 0.2) is 23.3 Å². The van der Waals surface area contributed by atoms with Gasteiger partial charge in [0.25, 0.3) is 0 Å². The van der Waals surface area contributed by atoms with Gasteiger partial charge in [0.2, 0.25) is 5.95 Å². The zero-order valence-electron chi connectivity index (χ0n) is 44.9. The molecule has 11 nitrogen and oxygen atoms in total. The molecule has 0 aliphatic heterocycles. The average molecular weight is 1070 g/mol. The summed E-state index contributed by atoms with van der Waals surface area (Å²) in [6.07, 6.45) is 4.49. The summed E-state index contributed by atoms with van der Waals surface area (Å²) in [6, 6.07) is 83.7. The van der Waals surface area contributed by atoms with Crippen LogP contribution < -0.4 is 0 Å². The minimum Gasteiger partial charge on any atom is -0.309 e. The van der Waals surface area contributed by atoms with E-state index in [0.29, 0.717) is 29.3 Å². The van der Waals surface area contributed by atoms with E-state index in [2.05, 4.69) is 216 Å². The van der Waals surface area contributed by atoms with Crippen molar-refractivity contribution in [1.82, 2.24) is 39.0 Å². The van der Waals surface area contributed by atoms with Gasteiger partial charge in [-0.3, -0.25) is 9.56 Å². The van der Waals surface area contributed by atoms with Gasteiger partial charge in [-0.1, -0.05) is 170 Å². The molecular weight excluding hydrogens is 1020 g/mol. The van der Waals surface area contributed by atoms with Crippen molar-refractivity contribution in [2.45, 2.75) is 0 Å². The van der Waals surface area contributed by atoms with E-state index >= 15 is 0 Å². The Bertz CT molecular complexity index is 5050. The molecule has 4 aromatic heterocycles. The fourth-order valence-corrected chi connectivity index (χ4v) is 11.8. The second-order valence-corrected chi connectivity index (χ2v) is 20.4. The van der Waals surface area contributed by atoms with Gasteiger partial charge in [-0.15, -0.1) is 0 Å². The Morgan fingerprint density at radius 1 is 0.398 bits per heavy atom. The van der Waals surface area contributed by atoms with Crippen LogP contribution in [0, 0.1) is 0 Å². The molecule has 0 saturated heterocycles. The van der Waals surface area contributed by atoms with Gasteiger partial charge >= 0.3 is 0 Å². The largest absolute Gasteiger partial charge is 0.309 e. The summed E-state index contributed by atoms with van der Waals surface area (Å²) in [6.45, 7) is 3.89. The van der Waals surface area contributed by atoms with Crippen LogP contribution in [-0.2, 0) is 0 Å². The van der Waals surface area contributed by atoms with E-state index < -0.39 is 0 Å². The molecule has 0 saturated carbocycles. The lowest BCUT2D eigenvalue weighted by atomic mass is 9.96. The van der Waals surface area contributed by atoms with Crippen molar-refractivity contribution >= 4 is 84.0 Å². The second-order valence-electron chi connectivity index (χ2n) is 20.4. The molecule has 15 aromatic rings. The summed E-state index contributed by atoms with van der Waals surface area (Å²) >= 11 is 0. The lowest BCUT2D eigenvalue weighted by Gasteiger charge is -2.13. The number of fused-ring (bicyclic) bond motifs is 8. The molecule has 11 aromatic carbocycles. The predicted molar refractivity (Wildman–Crippen MR) is 340 cm³/mol. The third-order valence-electron chi connectivity index (χ3n) is 15.6. The number of nitrogens with zero attached hydrogens (tertiary/aromatic N) is 11. The van der Waals surface area contributed by atoms with Crippen LogP contribution in [0.5, 0.6) is 0 Å². The van der Waals surface area contributed by atoms with Crippen LogP contribution >= 0.6 is 0 Å². The standard InChI is InChI=1S/C72H47N11/c1-73-42-76-68(74-2)53-35-54(69-77-43-75-44-78-69)37-55(36-53)82-64-31-27-49(38-60(64)62-40-51(29-33-65(62)82)58-25-13-21-45-15-9-11-23-56(45)58)50-28-32-66-61(39-50)63-41-52(59-26-14-22-46-16-10-12-24-57(46)59)30-34-67(63)83(66)72-80-70(47-17-5-3-6-18-47)79-71(81-72)48-19-7-4-8-20-48/h3-44H,2H2,1H3/b73-42-,76-68-. The third kappa shape index (κ3) is 8.59. The van der Waals surface area contributed by atoms with Gasteiger partial charge in [0.1, 0.15) is 19.0 Å². The van der Waals surface area contributed by atoms with Crippen molar-refractivity contribution in [3.63, 3.8) is 0 Å². The van der Waals surface area contributed by atoms with Crippen LogP contribution in [0.15, 0.2) is 264 Å². The summed E-state index contributed by atoms with van der Waals surface area (Å²) in [7, 11) is 1.68. The molecule has 0 aliphatic rings. The minimum atomic E-state index is 0.416. The van der Waals surface area contributed by atoms with E-state index in [4.69, 9.17) is 15.0 Å². The van der Waals surface area contributed by atoms with Crippen LogP contribution in [0.3, 0.4) is 0 Å². The molecule has 0 spiro atoms. The average Bonchev–Trinajstić information content (AvgIpc) is 4.31. The molecule has 0 N–H and O–H groups in total. The topological polar surface area (TPSA) is 124 Å². The predicted octanol–water partition coefficient (Wildman–Crippen LogP) is 16.7. The summed E-state index contributed by atoms with van der Waals surface area (Å²) in [4.78, 5) is 41.9. The smallest absolute Gasteiger partial charge is 0.238 e. The van der Waals surface area contributed by atoms with Gasteiger partial charge in [0.05, 0.1) is 22.1 Å². The molecule has 390 valence electrons. The van der Waals surface area contributed by atoms with E-state index in [-0.39, 0.29) is 0 Å². The minimum absolute atomic E-state index is 0.416. The Morgan fingerprint density at radius 2 is 0.867 bits per heavy atom. The Labute approximate surface area is 476 Å². The number of hydrogen-bond donors (Lipinski definition) is 0. The van der Waals surface area contributed by atoms with Crippen LogP contribution in [0.25, 0.3) is 144 Å². The maximum atomic E-state index is 5.27. The summed E-state index contributed by atoms with van der Waals surface area (Å²) < 4.78 is 4.50.